The van der Waals surface area contributed by atoms with Crippen molar-refractivity contribution in [1.29, 1.82) is 0 Å². The van der Waals surface area contributed by atoms with Crippen molar-refractivity contribution in [3.8, 4) is 0 Å². The molecule has 4 saturated carbocycles. The number of ketones is 2. The summed E-state index contributed by atoms with van der Waals surface area (Å²) in [4.78, 5) is 28.1. The summed E-state index contributed by atoms with van der Waals surface area (Å²) >= 11 is 0. The fraction of sp³-hybridized carbons (Fsp3) is 0.913. The van der Waals surface area contributed by atoms with Gasteiger partial charge >= 0.3 is 0 Å². The Morgan fingerprint density at radius 3 is 2.38 bits per heavy atom. The molecule has 5 fully saturated rings. The predicted molar refractivity (Wildman–Crippen MR) is 102 cm³/mol. The van der Waals surface area contributed by atoms with Crippen LogP contribution in [0.5, 0.6) is 0 Å². The zero-order valence-corrected chi connectivity index (χ0v) is 16.6. The summed E-state index contributed by atoms with van der Waals surface area (Å²) in [5, 5.41) is 0. The number of rotatable bonds is 1. The molecule has 0 aromatic rings. The Balaban J connectivity index is 1.46. The largest absolute Gasteiger partial charge is 0.299 e. The summed E-state index contributed by atoms with van der Waals surface area (Å²) in [5.74, 6) is 3.72. The normalized spacial score (nSPS) is 51.8. The van der Waals surface area contributed by atoms with Crippen molar-refractivity contribution in [3.63, 3.8) is 0 Å². The molecule has 0 aromatic heterocycles. The van der Waals surface area contributed by atoms with Gasteiger partial charge in [-0.15, -0.1) is 0 Å². The number of Topliss-reactive ketones (excluding diaryl/α,β-unsaturated/α-hetero) is 2. The lowest BCUT2D eigenvalue weighted by Crippen LogP contribution is -2.60. The van der Waals surface area contributed by atoms with Crippen molar-refractivity contribution >= 4 is 11.6 Å². The molecule has 3 nitrogen and oxygen atoms in total. The topological polar surface area (TPSA) is 37.4 Å². The number of hydrogen-bond donors (Lipinski definition) is 0. The van der Waals surface area contributed by atoms with Crippen molar-refractivity contribution in [2.24, 2.45) is 34.5 Å². The Hall–Kier alpha value is -0.700. The lowest BCUT2D eigenvalue weighted by molar-refractivity contribution is -0.155. The monoisotopic (exact) mass is 357 g/mol. The highest BCUT2D eigenvalue weighted by Crippen LogP contribution is 2.65. The third-order valence-electron chi connectivity index (χ3n) is 9.81. The van der Waals surface area contributed by atoms with Gasteiger partial charge in [0.1, 0.15) is 11.6 Å². The maximum atomic E-state index is 12.9. The van der Waals surface area contributed by atoms with Crippen molar-refractivity contribution in [3.05, 3.63) is 0 Å². The molecule has 0 aromatic carbocycles. The van der Waals surface area contributed by atoms with E-state index in [1.54, 1.807) is 0 Å². The second kappa shape index (κ2) is 5.90. The van der Waals surface area contributed by atoms with Gasteiger partial charge < -0.3 is 0 Å². The number of carbonyl (C=O) groups is 2. The standard InChI is InChI=1S/C23H35NO2/c1-22-12-10-19(25)21(24-13-3-4-14-24)18(22)6-5-15-16-7-8-20(26)23(16,2)11-9-17(15)22/h15-18,21H,3-14H2,1-2H3/t15-,16-,17-,18-,21-,22+,23-/m0/s1. The molecule has 1 aliphatic heterocycles. The minimum absolute atomic E-state index is 0.0246. The maximum absolute atomic E-state index is 12.9. The fourth-order valence-corrected chi connectivity index (χ4v) is 8.39. The summed E-state index contributed by atoms with van der Waals surface area (Å²) in [5.41, 5.74) is 0.292. The van der Waals surface area contributed by atoms with E-state index in [-0.39, 0.29) is 11.5 Å². The molecule has 0 spiro atoms. The first kappa shape index (κ1) is 17.4. The van der Waals surface area contributed by atoms with Crippen LogP contribution in [0.25, 0.3) is 0 Å². The molecule has 0 unspecified atom stereocenters. The van der Waals surface area contributed by atoms with Crippen LogP contribution in [0.2, 0.25) is 0 Å². The highest BCUT2D eigenvalue weighted by molar-refractivity contribution is 5.87. The number of hydrogen-bond acceptors (Lipinski definition) is 3. The van der Waals surface area contributed by atoms with Crippen LogP contribution in [0.15, 0.2) is 0 Å². The molecular formula is C23H35NO2. The first-order valence-corrected chi connectivity index (χ1v) is 11.3. The van der Waals surface area contributed by atoms with E-state index in [2.05, 4.69) is 18.7 Å². The van der Waals surface area contributed by atoms with Gasteiger partial charge in [0.05, 0.1) is 6.04 Å². The van der Waals surface area contributed by atoms with Gasteiger partial charge in [0.2, 0.25) is 0 Å². The molecule has 0 bridgehead atoms. The summed E-state index contributed by atoms with van der Waals surface area (Å²) in [6, 6.07) is 0.204. The zero-order valence-electron chi connectivity index (χ0n) is 16.6. The van der Waals surface area contributed by atoms with E-state index in [1.165, 1.54) is 32.1 Å². The van der Waals surface area contributed by atoms with Crippen molar-refractivity contribution in [2.75, 3.05) is 13.1 Å². The van der Waals surface area contributed by atoms with Gasteiger partial charge in [-0.1, -0.05) is 13.8 Å². The van der Waals surface area contributed by atoms with Gasteiger partial charge in [0, 0.05) is 18.3 Å². The second-order valence-electron chi connectivity index (χ2n) is 10.6. The van der Waals surface area contributed by atoms with Crippen LogP contribution in [0, 0.1) is 34.5 Å². The molecule has 1 heterocycles. The predicted octanol–water partition coefficient (Wildman–Crippen LogP) is 4.24. The molecule has 3 heteroatoms. The van der Waals surface area contributed by atoms with Crippen molar-refractivity contribution in [2.45, 2.75) is 84.1 Å². The van der Waals surface area contributed by atoms with Gasteiger partial charge in [-0.25, -0.2) is 0 Å². The smallest absolute Gasteiger partial charge is 0.150 e. The third kappa shape index (κ3) is 2.22. The third-order valence-corrected chi connectivity index (χ3v) is 9.81. The molecule has 1 saturated heterocycles. The van der Waals surface area contributed by atoms with E-state index in [9.17, 15) is 9.59 Å². The Bertz CT molecular complexity index is 624. The van der Waals surface area contributed by atoms with Gasteiger partial charge in [-0.2, -0.15) is 0 Å². The summed E-state index contributed by atoms with van der Waals surface area (Å²) in [6.07, 6.45) is 11.2. The number of likely N-dealkylation sites (tertiary alicyclic amines) is 1. The molecule has 7 atom stereocenters. The Morgan fingerprint density at radius 2 is 1.62 bits per heavy atom. The van der Waals surface area contributed by atoms with E-state index in [1.807, 2.05) is 0 Å². The van der Waals surface area contributed by atoms with Crippen LogP contribution in [0.3, 0.4) is 0 Å². The summed E-state index contributed by atoms with van der Waals surface area (Å²) in [6.45, 7) is 7.07. The van der Waals surface area contributed by atoms with E-state index >= 15 is 0 Å². The summed E-state index contributed by atoms with van der Waals surface area (Å²) < 4.78 is 0. The number of carbonyl (C=O) groups excluding carboxylic acids is 2. The van der Waals surface area contributed by atoms with Crippen molar-refractivity contribution < 1.29 is 9.59 Å². The van der Waals surface area contributed by atoms with Crippen LogP contribution in [-0.2, 0) is 9.59 Å². The van der Waals surface area contributed by atoms with Crippen LogP contribution in [0.4, 0.5) is 0 Å². The average Bonchev–Trinajstić information content (AvgIpc) is 3.24. The minimum Gasteiger partial charge on any atom is -0.299 e. The minimum atomic E-state index is -0.0246. The molecule has 0 amide bonds. The fourth-order valence-electron chi connectivity index (χ4n) is 8.39. The summed E-state index contributed by atoms with van der Waals surface area (Å²) in [7, 11) is 0. The van der Waals surface area contributed by atoms with Crippen LogP contribution >= 0.6 is 0 Å². The van der Waals surface area contributed by atoms with Crippen molar-refractivity contribution in [1.82, 2.24) is 4.90 Å². The van der Waals surface area contributed by atoms with E-state index in [4.69, 9.17) is 0 Å². The molecular weight excluding hydrogens is 322 g/mol. The second-order valence-corrected chi connectivity index (χ2v) is 10.6. The quantitative estimate of drug-likeness (QED) is 0.704. The van der Waals surface area contributed by atoms with Gasteiger partial charge in [-0.05, 0) is 93.5 Å². The van der Waals surface area contributed by atoms with Crippen LogP contribution in [0.1, 0.15) is 78.1 Å². The highest BCUT2D eigenvalue weighted by Gasteiger charge is 2.62. The Kier molecular flexibility index (Phi) is 3.95. The number of nitrogens with zero attached hydrogens (tertiary/aromatic N) is 1. The molecule has 5 aliphatic rings. The first-order chi connectivity index (χ1) is 12.4. The van der Waals surface area contributed by atoms with Gasteiger partial charge in [0.25, 0.3) is 0 Å². The SMILES string of the molecule is C[C@]12CCC(=O)[C@@H](N3CCCC3)[C@@H]1CC[C@@H]1[C@@H]2CC[C@]2(C)C(=O)CC[C@@H]12. The Morgan fingerprint density at radius 1 is 0.846 bits per heavy atom. The lowest BCUT2D eigenvalue weighted by atomic mass is 9.44. The zero-order chi connectivity index (χ0) is 18.1. The molecule has 0 radical (unpaired) electrons. The molecule has 0 N–H and O–H groups in total. The van der Waals surface area contributed by atoms with Gasteiger partial charge in [-0.3, -0.25) is 14.5 Å². The lowest BCUT2D eigenvalue weighted by Gasteiger charge is -2.61. The molecule has 5 rings (SSSR count). The average molecular weight is 358 g/mol. The molecule has 26 heavy (non-hydrogen) atoms. The maximum Gasteiger partial charge on any atom is 0.150 e. The van der Waals surface area contributed by atoms with E-state index in [0.29, 0.717) is 28.8 Å². The van der Waals surface area contributed by atoms with Crippen LogP contribution < -0.4 is 0 Å². The van der Waals surface area contributed by atoms with Gasteiger partial charge in [0.15, 0.2) is 0 Å². The van der Waals surface area contributed by atoms with E-state index < -0.39 is 0 Å². The van der Waals surface area contributed by atoms with E-state index in [0.717, 1.165) is 57.0 Å². The first-order valence-electron chi connectivity index (χ1n) is 11.3. The highest BCUT2D eigenvalue weighted by atomic mass is 16.1. The Labute approximate surface area is 158 Å². The molecule has 4 aliphatic carbocycles. The number of fused-ring (bicyclic) bond motifs is 5. The van der Waals surface area contributed by atoms with Crippen LogP contribution in [-0.4, -0.2) is 35.6 Å². The molecule has 144 valence electrons.